The molecule has 0 atom stereocenters. The Morgan fingerprint density at radius 1 is 1.36 bits per heavy atom. The minimum absolute atomic E-state index is 0.584. The molecule has 1 heteroatoms. The summed E-state index contributed by atoms with van der Waals surface area (Å²) in [5.41, 5.74) is 2.40. The van der Waals surface area contributed by atoms with Crippen molar-refractivity contribution in [2.45, 2.75) is 6.92 Å². The predicted octanol–water partition coefficient (Wildman–Crippen LogP) is 3.33. The molecule has 0 unspecified atom stereocenters. The van der Waals surface area contributed by atoms with Crippen LogP contribution >= 0.6 is 11.6 Å². The SMILES string of the molecule is CC=C(CCl)c1ccccc1. The second kappa shape index (κ2) is 4.20. The van der Waals surface area contributed by atoms with Gasteiger partial charge in [-0.1, -0.05) is 36.4 Å². The first-order chi connectivity index (χ1) is 5.38. The van der Waals surface area contributed by atoms with Crippen LogP contribution in [0.2, 0.25) is 0 Å². The van der Waals surface area contributed by atoms with Crippen molar-refractivity contribution in [2.75, 3.05) is 5.88 Å². The van der Waals surface area contributed by atoms with Gasteiger partial charge in [-0.3, -0.25) is 0 Å². The van der Waals surface area contributed by atoms with Gasteiger partial charge in [0, 0.05) is 5.88 Å². The van der Waals surface area contributed by atoms with Gasteiger partial charge in [-0.05, 0) is 18.1 Å². The number of hydrogen-bond donors (Lipinski definition) is 0. The summed E-state index contributed by atoms with van der Waals surface area (Å²) in [6.45, 7) is 2.00. The summed E-state index contributed by atoms with van der Waals surface area (Å²) in [6.07, 6.45) is 2.04. The highest BCUT2D eigenvalue weighted by molar-refractivity contribution is 6.23. The molecule has 58 valence electrons. The van der Waals surface area contributed by atoms with Crippen LogP contribution in [0.15, 0.2) is 36.4 Å². The minimum atomic E-state index is 0.584. The molecular formula is C10H11Cl. The fourth-order valence-corrected chi connectivity index (χ4v) is 1.28. The van der Waals surface area contributed by atoms with E-state index in [0.717, 1.165) is 0 Å². The van der Waals surface area contributed by atoms with Gasteiger partial charge in [0.15, 0.2) is 0 Å². The van der Waals surface area contributed by atoms with Crippen LogP contribution in [0.25, 0.3) is 5.57 Å². The lowest BCUT2D eigenvalue weighted by atomic mass is 10.1. The third kappa shape index (κ3) is 2.09. The van der Waals surface area contributed by atoms with Crippen LogP contribution in [-0.2, 0) is 0 Å². The molecule has 0 saturated heterocycles. The van der Waals surface area contributed by atoms with E-state index in [1.165, 1.54) is 11.1 Å². The molecular weight excluding hydrogens is 156 g/mol. The van der Waals surface area contributed by atoms with Gasteiger partial charge in [0.25, 0.3) is 0 Å². The topological polar surface area (TPSA) is 0 Å². The van der Waals surface area contributed by atoms with Crippen molar-refractivity contribution >= 4 is 17.2 Å². The van der Waals surface area contributed by atoms with Crippen molar-refractivity contribution in [3.05, 3.63) is 42.0 Å². The van der Waals surface area contributed by atoms with Crippen LogP contribution in [0.5, 0.6) is 0 Å². The van der Waals surface area contributed by atoms with Crippen molar-refractivity contribution in [1.82, 2.24) is 0 Å². The number of halogens is 1. The molecule has 0 fully saturated rings. The fraction of sp³-hybridized carbons (Fsp3) is 0.200. The molecule has 0 heterocycles. The monoisotopic (exact) mass is 166 g/mol. The third-order valence-electron chi connectivity index (χ3n) is 1.64. The first-order valence-electron chi connectivity index (χ1n) is 3.65. The van der Waals surface area contributed by atoms with Crippen molar-refractivity contribution in [1.29, 1.82) is 0 Å². The zero-order valence-electron chi connectivity index (χ0n) is 6.55. The lowest BCUT2D eigenvalue weighted by Gasteiger charge is -2.00. The molecule has 0 radical (unpaired) electrons. The Balaban J connectivity index is 2.92. The summed E-state index contributed by atoms with van der Waals surface area (Å²) in [4.78, 5) is 0. The molecule has 0 amide bonds. The van der Waals surface area contributed by atoms with Gasteiger partial charge < -0.3 is 0 Å². The molecule has 0 nitrogen and oxygen atoms in total. The quantitative estimate of drug-likeness (QED) is 0.592. The maximum atomic E-state index is 5.73. The van der Waals surface area contributed by atoms with E-state index in [4.69, 9.17) is 11.6 Å². The van der Waals surface area contributed by atoms with Crippen LogP contribution in [0.1, 0.15) is 12.5 Å². The standard InChI is InChI=1S/C10H11Cl/c1-2-9(8-11)10-6-4-3-5-7-10/h2-7H,8H2,1H3. The lowest BCUT2D eigenvalue weighted by Crippen LogP contribution is -1.83. The zero-order chi connectivity index (χ0) is 8.10. The maximum Gasteiger partial charge on any atom is 0.0476 e. The molecule has 0 bridgehead atoms. The lowest BCUT2D eigenvalue weighted by molar-refractivity contribution is 1.55. The van der Waals surface area contributed by atoms with Crippen molar-refractivity contribution < 1.29 is 0 Å². The van der Waals surface area contributed by atoms with Crippen molar-refractivity contribution in [2.24, 2.45) is 0 Å². The van der Waals surface area contributed by atoms with E-state index < -0.39 is 0 Å². The van der Waals surface area contributed by atoms with E-state index in [1.54, 1.807) is 0 Å². The van der Waals surface area contributed by atoms with Crippen LogP contribution < -0.4 is 0 Å². The van der Waals surface area contributed by atoms with Gasteiger partial charge in [-0.15, -0.1) is 11.6 Å². The van der Waals surface area contributed by atoms with Gasteiger partial charge in [0.05, 0.1) is 0 Å². The predicted molar refractivity (Wildman–Crippen MR) is 50.8 cm³/mol. The summed E-state index contributed by atoms with van der Waals surface area (Å²) in [5.74, 6) is 0.584. The molecule has 0 N–H and O–H groups in total. The van der Waals surface area contributed by atoms with Crippen LogP contribution in [0, 0.1) is 0 Å². The molecule has 0 aliphatic carbocycles. The van der Waals surface area contributed by atoms with Gasteiger partial charge in [-0.2, -0.15) is 0 Å². The molecule has 0 saturated carbocycles. The van der Waals surface area contributed by atoms with Crippen LogP contribution in [0.4, 0.5) is 0 Å². The van der Waals surface area contributed by atoms with Gasteiger partial charge >= 0.3 is 0 Å². The normalized spacial score (nSPS) is 11.6. The number of benzene rings is 1. The maximum absolute atomic E-state index is 5.73. The second-order valence-corrected chi connectivity index (χ2v) is 2.58. The Hall–Kier alpha value is -0.750. The molecule has 1 rings (SSSR count). The first kappa shape index (κ1) is 8.35. The summed E-state index contributed by atoms with van der Waals surface area (Å²) >= 11 is 5.73. The highest BCUT2D eigenvalue weighted by atomic mass is 35.5. The number of hydrogen-bond acceptors (Lipinski definition) is 0. The average molecular weight is 167 g/mol. The summed E-state index contributed by atoms with van der Waals surface area (Å²) < 4.78 is 0. The van der Waals surface area contributed by atoms with E-state index in [0.29, 0.717) is 5.88 Å². The largest absolute Gasteiger partial charge is 0.122 e. The molecule has 0 aromatic heterocycles. The zero-order valence-corrected chi connectivity index (χ0v) is 7.31. The molecule has 0 spiro atoms. The molecule has 0 aliphatic rings. The molecule has 11 heavy (non-hydrogen) atoms. The Kier molecular flexibility index (Phi) is 3.18. The summed E-state index contributed by atoms with van der Waals surface area (Å²) in [6, 6.07) is 10.2. The smallest absolute Gasteiger partial charge is 0.0476 e. The number of allylic oxidation sites excluding steroid dienone is 2. The number of alkyl halides is 1. The summed E-state index contributed by atoms with van der Waals surface area (Å²) in [5, 5.41) is 0. The van der Waals surface area contributed by atoms with Gasteiger partial charge in [0.1, 0.15) is 0 Å². The Bertz CT molecular complexity index is 236. The molecule has 1 aromatic carbocycles. The fourth-order valence-electron chi connectivity index (χ4n) is 0.973. The highest BCUT2D eigenvalue weighted by Crippen LogP contribution is 2.14. The Labute approximate surface area is 72.5 Å². The molecule has 1 aromatic rings. The Morgan fingerprint density at radius 3 is 2.45 bits per heavy atom. The first-order valence-corrected chi connectivity index (χ1v) is 4.18. The van der Waals surface area contributed by atoms with E-state index in [1.807, 2.05) is 31.2 Å². The average Bonchev–Trinajstić information content (AvgIpc) is 2.09. The van der Waals surface area contributed by atoms with E-state index in [2.05, 4.69) is 12.1 Å². The highest BCUT2D eigenvalue weighted by Gasteiger charge is 1.95. The number of rotatable bonds is 2. The van der Waals surface area contributed by atoms with E-state index in [-0.39, 0.29) is 0 Å². The van der Waals surface area contributed by atoms with E-state index >= 15 is 0 Å². The third-order valence-corrected chi connectivity index (χ3v) is 1.92. The Morgan fingerprint density at radius 2 is 2.00 bits per heavy atom. The minimum Gasteiger partial charge on any atom is -0.122 e. The van der Waals surface area contributed by atoms with Crippen molar-refractivity contribution in [3.8, 4) is 0 Å². The van der Waals surface area contributed by atoms with Gasteiger partial charge in [-0.25, -0.2) is 0 Å². The van der Waals surface area contributed by atoms with Crippen LogP contribution in [-0.4, -0.2) is 5.88 Å². The van der Waals surface area contributed by atoms with Gasteiger partial charge in [0.2, 0.25) is 0 Å². The second-order valence-electron chi connectivity index (χ2n) is 2.31. The molecule has 0 aliphatic heterocycles. The van der Waals surface area contributed by atoms with Crippen LogP contribution in [0.3, 0.4) is 0 Å². The summed E-state index contributed by atoms with van der Waals surface area (Å²) in [7, 11) is 0. The van der Waals surface area contributed by atoms with Crippen molar-refractivity contribution in [3.63, 3.8) is 0 Å². The van der Waals surface area contributed by atoms with E-state index in [9.17, 15) is 0 Å².